The average Bonchev–Trinajstić information content (AvgIpc) is 3.04. The molecule has 0 radical (unpaired) electrons. The number of amides is 4. The van der Waals surface area contributed by atoms with Crippen LogP contribution in [0.15, 0.2) is 12.7 Å². The lowest BCUT2D eigenvalue weighted by atomic mass is 9.77. The van der Waals surface area contributed by atoms with Gasteiger partial charge in [-0.3, -0.25) is 24.0 Å². The predicted molar refractivity (Wildman–Crippen MR) is 133 cm³/mol. The molecule has 38 heavy (non-hydrogen) atoms. The first-order valence-electron chi connectivity index (χ1n) is 12.7. The lowest BCUT2D eigenvalue weighted by Crippen LogP contribution is -2.61. The van der Waals surface area contributed by atoms with E-state index in [4.69, 9.17) is 0 Å². The minimum atomic E-state index is -5.19. The Morgan fingerprint density at radius 1 is 1.18 bits per heavy atom. The van der Waals surface area contributed by atoms with Gasteiger partial charge >= 0.3 is 12.1 Å². The second-order valence-electron chi connectivity index (χ2n) is 11.9. The zero-order valence-corrected chi connectivity index (χ0v) is 22.8. The number of carbonyl (C=O) groups excluding carboxylic acids is 5. The molecule has 4 amide bonds. The highest BCUT2D eigenvalue weighted by atomic mass is 19.4. The van der Waals surface area contributed by atoms with Crippen molar-refractivity contribution < 1.29 is 37.1 Å². The van der Waals surface area contributed by atoms with Gasteiger partial charge in [0.1, 0.15) is 12.1 Å². The summed E-state index contributed by atoms with van der Waals surface area (Å²) in [6.07, 6.45) is -2.82. The Morgan fingerprint density at radius 2 is 1.79 bits per heavy atom. The minimum Gasteiger partial charge on any atom is -0.356 e. The molecule has 0 unspecified atom stereocenters. The first kappa shape index (κ1) is 31.3. The monoisotopic (exact) mass is 544 g/mol. The number of piperidine rings is 1. The van der Waals surface area contributed by atoms with Gasteiger partial charge in [-0.2, -0.15) is 13.2 Å². The maximum atomic E-state index is 13.7. The van der Waals surface area contributed by atoms with Gasteiger partial charge in [-0.15, -0.1) is 0 Å². The Morgan fingerprint density at radius 3 is 2.29 bits per heavy atom. The minimum absolute atomic E-state index is 0.0470. The molecule has 0 aliphatic carbocycles. The number of rotatable bonds is 8. The Kier molecular flexibility index (Phi) is 9.43. The zero-order chi connectivity index (χ0) is 29.2. The molecule has 0 bridgehead atoms. The SMILES string of the molecule is C=CC(=O)[C@H](C[C@@H]1CCCNC1=O)NC(=O)[C@H]1N(C(=O)[C@@H](NC(=O)C(F)(F)F)C(C)(C)C)C[C@@H](C)C1(C)C. The lowest BCUT2D eigenvalue weighted by molar-refractivity contribution is -0.176. The molecule has 3 N–H and O–H groups in total. The molecular formula is C26H39F3N4O5. The van der Waals surface area contributed by atoms with Crippen LogP contribution >= 0.6 is 0 Å². The van der Waals surface area contributed by atoms with E-state index in [2.05, 4.69) is 17.2 Å². The van der Waals surface area contributed by atoms with Crippen molar-refractivity contribution in [1.82, 2.24) is 20.9 Å². The summed E-state index contributed by atoms with van der Waals surface area (Å²) >= 11 is 0. The number of ketones is 1. The normalized spacial score (nSPS) is 25.1. The van der Waals surface area contributed by atoms with Gasteiger partial charge in [0, 0.05) is 19.0 Å². The van der Waals surface area contributed by atoms with E-state index in [9.17, 15) is 37.1 Å². The molecule has 2 rings (SSSR count). The summed E-state index contributed by atoms with van der Waals surface area (Å²) in [5.41, 5.74) is -1.93. The van der Waals surface area contributed by atoms with E-state index in [0.29, 0.717) is 13.0 Å². The molecule has 0 aromatic heterocycles. The van der Waals surface area contributed by atoms with Gasteiger partial charge in [0.2, 0.25) is 17.7 Å². The van der Waals surface area contributed by atoms with E-state index >= 15 is 0 Å². The van der Waals surface area contributed by atoms with Crippen LogP contribution in [-0.4, -0.2) is 71.7 Å². The summed E-state index contributed by atoms with van der Waals surface area (Å²) in [6, 6.07) is -3.77. The van der Waals surface area contributed by atoms with Gasteiger partial charge in [0.15, 0.2) is 5.78 Å². The van der Waals surface area contributed by atoms with Gasteiger partial charge in [-0.25, -0.2) is 0 Å². The standard InChI is InChI=1S/C26H39F3N4O5/c1-8-17(34)16(12-15-10-9-11-30-20(15)35)31-21(36)19-25(6,7)14(2)13-33(19)22(37)18(24(3,4)5)32-23(38)26(27,28)29/h8,14-16,18-19H,1,9-13H2,2-7H3,(H,30,35)(H,31,36)(H,32,38)/t14-,15+,16+,18-,19-/m1/s1. The van der Waals surface area contributed by atoms with Crippen LogP contribution in [0.1, 0.15) is 60.8 Å². The van der Waals surface area contributed by atoms with Crippen LogP contribution in [0.4, 0.5) is 13.2 Å². The molecule has 0 saturated carbocycles. The summed E-state index contributed by atoms with van der Waals surface area (Å²) in [5.74, 6) is -5.19. The second kappa shape index (κ2) is 11.4. The van der Waals surface area contributed by atoms with Crippen molar-refractivity contribution in [2.75, 3.05) is 13.1 Å². The highest BCUT2D eigenvalue weighted by Gasteiger charge is 2.54. The fourth-order valence-corrected chi connectivity index (χ4v) is 5.01. The zero-order valence-electron chi connectivity index (χ0n) is 22.8. The number of nitrogens with zero attached hydrogens (tertiary/aromatic N) is 1. The molecular weight excluding hydrogens is 505 g/mol. The number of nitrogens with one attached hydrogen (secondary N) is 3. The van der Waals surface area contributed by atoms with E-state index in [-0.39, 0.29) is 24.8 Å². The van der Waals surface area contributed by atoms with Crippen LogP contribution in [0.25, 0.3) is 0 Å². The van der Waals surface area contributed by atoms with Crippen LogP contribution in [0.5, 0.6) is 0 Å². The average molecular weight is 545 g/mol. The molecule has 0 spiro atoms. The molecule has 0 aromatic carbocycles. The van der Waals surface area contributed by atoms with Crippen molar-refractivity contribution in [3.05, 3.63) is 12.7 Å². The van der Waals surface area contributed by atoms with Crippen LogP contribution in [-0.2, 0) is 24.0 Å². The van der Waals surface area contributed by atoms with E-state index < -0.39 is 64.6 Å². The Hall–Kier alpha value is -2.92. The molecule has 214 valence electrons. The molecule has 2 fully saturated rings. The van der Waals surface area contributed by atoms with Crippen molar-refractivity contribution in [2.24, 2.45) is 22.7 Å². The van der Waals surface area contributed by atoms with Crippen molar-refractivity contribution in [3.8, 4) is 0 Å². The number of likely N-dealkylation sites (tertiary alicyclic amines) is 1. The van der Waals surface area contributed by atoms with Crippen molar-refractivity contribution in [3.63, 3.8) is 0 Å². The number of halogens is 3. The van der Waals surface area contributed by atoms with Crippen LogP contribution in [0.3, 0.4) is 0 Å². The van der Waals surface area contributed by atoms with Gasteiger partial charge < -0.3 is 20.9 Å². The fourth-order valence-electron chi connectivity index (χ4n) is 5.01. The number of alkyl halides is 3. The molecule has 5 atom stereocenters. The number of hydrogen-bond donors (Lipinski definition) is 3. The molecule has 2 heterocycles. The molecule has 2 aliphatic rings. The molecule has 12 heteroatoms. The van der Waals surface area contributed by atoms with Crippen molar-refractivity contribution >= 4 is 29.4 Å². The first-order valence-corrected chi connectivity index (χ1v) is 12.7. The Bertz CT molecular complexity index is 973. The number of hydrogen-bond acceptors (Lipinski definition) is 5. The van der Waals surface area contributed by atoms with Crippen LogP contribution < -0.4 is 16.0 Å². The second-order valence-corrected chi connectivity index (χ2v) is 11.9. The molecule has 2 saturated heterocycles. The van der Waals surface area contributed by atoms with E-state index in [1.54, 1.807) is 19.2 Å². The summed E-state index contributed by atoms with van der Waals surface area (Å²) in [7, 11) is 0. The maximum absolute atomic E-state index is 13.7. The Labute approximate surface area is 221 Å². The fraction of sp³-hybridized carbons (Fsp3) is 0.731. The maximum Gasteiger partial charge on any atom is 0.471 e. The molecule has 0 aromatic rings. The van der Waals surface area contributed by atoms with E-state index in [1.165, 1.54) is 25.7 Å². The van der Waals surface area contributed by atoms with Gasteiger partial charge in [0.25, 0.3) is 0 Å². The van der Waals surface area contributed by atoms with E-state index in [0.717, 1.165) is 12.5 Å². The summed E-state index contributed by atoms with van der Waals surface area (Å²) in [6.45, 7) is 13.9. The smallest absolute Gasteiger partial charge is 0.356 e. The quantitative estimate of drug-likeness (QED) is 0.404. The van der Waals surface area contributed by atoms with Crippen LogP contribution in [0.2, 0.25) is 0 Å². The Balaban J connectivity index is 2.38. The summed E-state index contributed by atoms with van der Waals surface area (Å²) in [4.78, 5) is 65.2. The topological polar surface area (TPSA) is 125 Å². The van der Waals surface area contributed by atoms with Crippen molar-refractivity contribution in [1.29, 1.82) is 0 Å². The third-order valence-corrected chi connectivity index (χ3v) is 7.72. The summed E-state index contributed by atoms with van der Waals surface area (Å²) < 4.78 is 39.1. The highest BCUT2D eigenvalue weighted by molar-refractivity contribution is 5.99. The van der Waals surface area contributed by atoms with Gasteiger partial charge in [-0.05, 0) is 42.1 Å². The van der Waals surface area contributed by atoms with E-state index in [1.807, 2.05) is 6.92 Å². The third-order valence-electron chi connectivity index (χ3n) is 7.72. The highest BCUT2D eigenvalue weighted by Crippen LogP contribution is 2.42. The number of carbonyl (C=O) groups is 5. The van der Waals surface area contributed by atoms with Gasteiger partial charge in [-0.1, -0.05) is 48.1 Å². The summed E-state index contributed by atoms with van der Waals surface area (Å²) in [5, 5.41) is 7.22. The van der Waals surface area contributed by atoms with Crippen molar-refractivity contribution in [2.45, 2.75) is 85.1 Å². The van der Waals surface area contributed by atoms with Gasteiger partial charge in [0.05, 0.1) is 6.04 Å². The first-order chi connectivity index (χ1) is 17.3. The third kappa shape index (κ3) is 6.93. The largest absolute Gasteiger partial charge is 0.471 e. The molecule has 9 nitrogen and oxygen atoms in total. The molecule has 2 aliphatic heterocycles. The lowest BCUT2D eigenvalue weighted by Gasteiger charge is -2.38. The predicted octanol–water partition coefficient (Wildman–Crippen LogP) is 2.11. The van der Waals surface area contributed by atoms with Crippen LogP contribution in [0, 0.1) is 22.7 Å².